The second kappa shape index (κ2) is 5.27. The molecule has 0 saturated carbocycles. The predicted molar refractivity (Wildman–Crippen MR) is 73.3 cm³/mol. The van der Waals surface area contributed by atoms with Gasteiger partial charge in [0.05, 0.1) is 0 Å². The minimum absolute atomic E-state index is 0.184. The van der Waals surface area contributed by atoms with Gasteiger partial charge in [0.15, 0.2) is 0 Å². The molecule has 0 aliphatic carbocycles. The topological polar surface area (TPSA) is 73.8 Å². The van der Waals surface area contributed by atoms with E-state index in [9.17, 15) is 9.59 Å². The third-order valence-electron chi connectivity index (χ3n) is 2.81. The summed E-state index contributed by atoms with van der Waals surface area (Å²) in [4.78, 5) is 28.5. The van der Waals surface area contributed by atoms with Gasteiger partial charge in [-0.15, -0.1) is 0 Å². The number of carbonyl (C=O) groups excluding carboxylic acids is 2. The zero-order valence-corrected chi connectivity index (χ0v) is 11.2. The van der Waals surface area contributed by atoms with E-state index in [1.807, 2.05) is 0 Å². The summed E-state index contributed by atoms with van der Waals surface area (Å²) >= 11 is 5.81. The van der Waals surface area contributed by atoms with Gasteiger partial charge in [-0.3, -0.25) is 10.1 Å². The number of halogens is 1. The molecule has 1 aromatic rings. The van der Waals surface area contributed by atoms with Crippen molar-refractivity contribution in [2.45, 2.75) is 13.0 Å². The Morgan fingerprint density at radius 1 is 1.53 bits per heavy atom. The van der Waals surface area contributed by atoms with Gasteiger partial charge < -0.3 is 10.2 Å². The summed E-state index contributed by atoms with van der Waals surface area (Å²) in [6.07, 6.45) is 0. The lowest BCUT2D eigenvalue weighted by atomic mass is 10.3. The van der Waals surface area contributed by atoms with Crippen molar-refractivity contribution in [2.75, 3.05) is 12.4 Å². The summed E-state index contributed by atoms with van der Waals surface area (Å²) in [7, 11) is 1.69. The summed E-state index contributed by atoms with van der Waals surface area (Å²) in [6, 6.07) is 5.83. The average molecular weight is 281 g/mol. The molecule has 0 aromatic heterocycles. The highest BCUT2D eigenvalue weighted by atomic mass is 35.5. The van der Waals surface area contributed by atoms with Crippen LogP contribution in [0.25, 0.3) is 0 Å². The van der Waals surface area contributed by atoms with Crippen LogP contribution in [0.5, 0.6) is 0 Å². The minimum Gasteiger partial charge on any atom is -0.334 e. The van der Waals surface area contributed by atoms with Crippen molar-refractivity contribution >= 4 is 35.2 Å². The highest BCUT2D eigenvalue weighted by Crippen LogP contribution is 2.15. The molecule has 3 amide bonds. The molecule has 2 N–H and O–H groups in total. The zero-order valence-electron chi connectivity index (χ0n) is 10.5. The van der Waals surface area contributed by atoms with E-state index in [2.05, 4.69) is 15.6 Å². The number of guanidine groups is 1. The minimum atomic E-state index is -0.571. The van der Waals surface area contributed by atoms with Crippen LogP contribution in [0.3, 0.4) is 0 Å². The SMILES string of the molecule is CC1C(=O)NC(=NC(=O)Nc2cccc(Cl)c2)N1C. The smallest absolute Gasteiger partial charge is 0.334 e. The van der Waals surface area contributed by atoms with Gasteiger partial charge in [-0.25, -0.2) is 4.79 Å². The summed E-state index contributed by atoms with van der Waals surface area (Å²) in [5.41, 5.74) is 0.543. The Kier molecular flexibility index (Phi) is 3.71. The first kappa shape index (κ1) is 13.4. The summed E-state index contributed by atoms with van der Waals surface area (Å²) in [5.74, 6) is 0.0498. The number of rotatable bonds is 1. The molecule has 1 fully saturated rings. The number of nitrogens with one attached hydrogen (secondary N) is 2. The van der Waals surface area contributed by atoms with Crippen molar-refractivity contribution in [1.29, 1.82) is 0 Å². The molecule has 1 aliphatic rings. The van der Waals surface area contributed by atoms with Crippen LogP contribution in [0.15, 0.2) is 29.3 Å². The van der Waals surface area contributed by atoms with Crippen LogP contribution in [0, 0.1) is 0 Å². The number of likely N-dealkylation sites (N-methyl/N-ethyl adjacent to an activating group) is 1. The molecule has 6 nitrogen and oxygen atoms in total. The molecule has 1 saturated heterocycles. The lowest BCUT2D eigenvalue weighted by molar-refractivity contribution is -0.120. The van der Waals surface area contributed by atoms with E-state index in [0.29, 0.717) is 10.7 Å². The van der Waals surface area contributed by atoms with Gasteiger partial charge in [0.1, 0.15) is 6.04 Å². The monoisotopic (exact) mass is 280 g/mol. The first-order valence-electron chi connectivity index (χ1n) is 5.66. The molecule has 2 rings (SSSR count). The van der Waals surface area contributed by atoms with Crippen LogP contribution in [0.4, 0.5) is 10.5 Å². The Balaban J connectivity index is 2.08. The quantitative estimate of drug-likeness (QED) is 0.822. The highest BCUT2D eigenvalue weighted by molar-refractivity contribution is 6.30. The summed E-state index contributed by atoms with van der Waals surface area (Å²) in [5, 5.41) is 5.62. The molecule has 1 unspecified atom stereocenters. The van der Waals surface area contributed by atoms with Crippen LogP contribution in [-0.4, -0.2) is 35.9 Å². The lowest BCUT2D eigenvalue weighted by Crippen LogP contribution is -2.31. The zero-order chi connectivity index (χ0) is 14.0. The fraction of sp³-hybridized carbons (Fsp3) is 0.250. The maximum Gasteiger partial charge on any atom is 0.348 e. The van der Waals surface area contributed by atoms with Crippen molar-refractivity contribution < 1.29 is 9.59 Å². The Labute approximate surface area is 115 Å². The number of nitrogens with zero attached hydrogens (tertiary/aromatic N) is 2. The van der Waals surface area contributed by atoms with E-state index < -0.39 is 6.03 Å². The molecule has 1 aromatic carbocycles. The van der Waals surface area contributed by atoms with Crippen LogP contribution < -0.4 is 10.6 Å². The number of amides is 3. The van der Waals surface area contributed by atoms with Crippen molar-refractivity contribution in [3.63, 3.8) is 0 Å². The Hall–Kier alpha value is -2.08. The van der Waals surface area contributed by atoms with Crippen LogP contribution in [-0.2, 0) is 4.79 Å². The predicted octanol–water partition coefficient (Wildman–Crippen LogP) is 1.68. The molecular formula is C12H13ClN4O2. The first-order valence-corrected chi connectivity index (χ1v) is 6.04. The van der Waals surface area contributed by atoms with Crippen molar-refractivity contribution in [1.82, 2.24) is 10.2 Å². The number of urea groups is 1. The largest absolute Gasteiger partial charge is 0.348 e. The van der Waals surface area contributed by atoms with Crippen LogP contribution in [0.2, 0.25) is 5.02 Å². The molecule has 7 heteroatoms. The second-order valence-corrected chi connectivity index (χ2v) is 4.59. The fourth-order valence-electron chi connectivity index (χ4n) is 1.58. The van der Waals surface area contributed by atoms with E-state index >= 15 is 0 Å². The van der Waals surface area contributed by atoms with Gasteiger partial charge in [-0.1, -0.05) is 17.7 Å². The maximum absolute atomic E-state index is 11.7. The molecule has 1 heterocycles. The van der Waals surface area contributed by atoms with Crippen molar-refractivity contribution in [3.8, 4) is 0 Å². The number of anilines is 1. The second-order valence-electron chi connectivity index (χ2n) is 4.15. The van der Waals surface area contributed by atoms with Gasteiger partial charge in [-0.05, 0) is 25.1 Å². The Bertz CT molecular complexity index is 558. The third-order valence-corrected chi connectivity index (χ3v) is 3.05. The van der Waals surface area contributed by atoms with Crippen LogP contribution in [0.1, 0.15) is 6.92 Å². The fourth-order valence-corrected chi connectivity index (χ4v) is 1.77. The van der Waals surface area contributed by atoms with Gasteiger partial charge in [0.2, 0.25) is 11.9 Å². The number of benzene rings is 1. The molecule has 0 bridgehead atoms. The first-order chi connectivity index (χ1) is 8.97. The molecule has 0 spiro atoms. The highest BCUT2D eigenvalue weighted by Gasteiger charge is 2.30. The number of carbonyl (C=O) groups is 2. The van der Waals surface area contributed by atoms with Gasteiger partial charge >= 0.3 is 6.03 Å². The molecule has 100 valence electrons. The van der Waals surface area contributed by atoms with E-state index in [0.717, 1.165) is 0 Å². The van der Waals surface area contributed by atoms with E-state index in [4.69, 9.17) is 11.6 Å². The number of aliphatic imine (C=N–C) groups is 1. The number of hydrogen-bond donors (Lipinski definition) is 2. The van der Waals surface area contributed by atoms with Gasteiger partial charge in [-0.2, -0.15) is 4.99 Å². The maximum atomic E-state index is 11.7. The van der Waals surface area contributed by atoms with Gasteiger partial charge in [0, 0.05) is 17.8 Å². The molecule has 1 atom stereocenters. The van der Waals surface area contributed by atoms with E-state index in [-0.39, 0.29) is 17.9 Å². The molecule has 19 heavy (non-hydrogen) atoms. The summed E-state index contributed by atoms with van der Waals surface area (Å²) < 4.78 is 0. The molecule has 0 radical (unpaired) electrons. The normalized spacial score (nSPS) is 20.6. The van der Waals surface area contributed by atoms with Gasteiger partial charge in [0.25, 0.3) is 0 Å². The van der Waals surface area contributed by atoms with E-state index in [1.54, 1.807) is 43.1 Å². The van der Waals surface area contributed by atoms with E-state index in [1.165, 1.54) is 0 Å². The standard InChI is InChI=1S/C12H13ClN4O2/c1-7-10(18)15-11(17(7)2)16-12(19)14-9-5-3-4-8(13)6-9/h3-7H,1-2H3,(H2,14,15,16,18,19). The Morgan fingerprint density at radius 2 is 2.26 bits per heavy atom. The van der Waals surface area contributed by atoms with Crippen molar-refractivity contribution in [3.05, 3.63) is 29.3 Å². The Morgan fingerprint density at radius 3 is 2.84 bits per heavy atom. The molecular weight excluding hydrogens is 268 g/mol. The third kappa shape index (κ3) is 3.03. The van der Waals surface area contributed by atoms with Crippen LogP contribution >= 0.6 is 11.6 Å². The summed E-state index contributed by atoms with van der Waals surface area (Å²) in [6.45, 7) is 1.73. The molecule has 1 aliphatic heterocycles. The number of hydrogen-bond acceptors (Lipinski definition) is 2. The lowest BCUT2D eigenvalue weighted by Gasteiger charge is -2.13. The van der Waals surface area contributed by atoms with Crippen molar-refractivity contribution in [2.24, 2.45) is 4.99 Å². The average Bonchev–Trinajstić information content (AvgIpc) is 2.57.